The van der Waals surface area contributed by atoms with Crippen LogP contribution in [0.15, 0.2) is 36.4 Å². The van der Waals surface area contributed by atoms with Crippen molar-refractivity contribution in [3.05, 3.63) is 47.5 Å². The lowest BCUT2D eigenvalue weighted by Gasteiger charge is -2.25. The van der Waals surface area contributed by atoms with E-state index in [0.717, 1.165) is 11.3 Å². The number of nitrogens with one attached hydrogen (secondary N) is 1. The molecule has 6 nitrogen and oxygen atoms in total. The molecule has 1 amide bonds. The first-order valence-corrected chi connectivity index (χ1v) is 8.10. The number of hydrogen-bond acceptors (Lipinski definition) is 5. The van der Waals surface area contributed by atoms with Gasteiger partial charge in [0.25, 0.3) is 0 Å². The first-order chi connectivity index (χ1) is 12.1. The summed E-state index contributed by atoms with van der Waals surface area (Å²) in [6, 6.07) is 10.8. The molecular weight excluding hydrogens is 322 g/mol. The van der Waals surface area contributed by atoms with E-state index >= 15 is 0 Å². The summed E-state index contributed by atoms with van der Waals surface area (Å²) in [7, 11) is 0. The van der Waals surface area contributed by atoms with E-state index in [0.29, 0.717) is 35.8 Å². The van der Waals surface area contributed by atoms with Gasteiger partial charge in [-0.15, -0.1) is 0 Å². The van der Waals surface area contributed by atoms with E-state index in [1.54, 1.807) is 12.1 Å². The number of para-hydroxylation sites is 1. The Morgan fingerprint density at radius 2 is 1.80 bits per heavy atom. The molecule has 0 aliphatic carbocycles. The minimum absolute atomic E-state index is 0.109. The Kier molecular flexibility index (Phi) is 3.80. The van der Waals surface area contributed by atoms with E-state index in [-0.39, 0.29) is 24.4 Å². The van der Waals surface area contributed by atoms with Crippen LogP contribution in [0, 0.1) is 0 Å². The molecule has 2 aliphatic rings. The van der Waals surface area contributed by atoms with Crippen LogP contribution in [0.25, 0.3) is 0 Å². The van der Waals surface area contributed by atoms with E-state index in [1.807, 2.05) is 24.3 Å². The molecule has 0 radical (unpaired) electrons. The predicted octanol–water partition coefficient (Wildman–Crippen LogP) is 3.12. The third-order valence-corrected chi connectivity index (χ3v) is 4.42. The number of amides is 1. The van der Waals surface area contributed by atoms with Crippen molar-refractivity contribution < 1.29 is 23.8 Å². The second-order valence-corrected chi connectivity index (χ2v) is 6.02. The maximum Gasteiger partial charge on any atom is 0.232 e. The second-order valence-electron chi connectivity index (χ2n) is 6.02. The minimum atomic E-state index is -0.324. The van der Waals surface area contributed by atoms with Gasteiger partial charge in [-0.2, -0.15) is 0 Å². The zero-order valence-electron chi connectivity index (χ0n) is 13.7. The number of carbonyl (C=O) groups excluding carboxylic acids is 2. The largest absolute Gasteiger partial charge is 0.493 e. The molecule has 0 spiro atoms. The Hall–Kier alpha value is -3.02. The molecule has 0 fully saturated rings. The van der Waals surface area contributed by atoms with Gasteiger partial charge in [0.15, 0.2) is 17.3 Å². The molecule has 1 N–H and O–H groups in total. The van der Waals surface area contributed by atoms with Crippen LogP contribution in [0.3, 0.4) is 0 Å². The molecular formula is C19H17NO5. The van der Waals surface area contributed by atoms with E-state index < -0.39 is 0 Å². The molecule has 128 valence electrons. The van der Waals surface area contributed by atoms with Crippen LogP contribution in [0.5, 0.6) is 17.2 Å². The molecule has 0 saturated heterocycles. The van der Waals surface area contributed by atoms with Crippen LogP contribution in [0.1, 0.15) is 35.2 Å². The smallest absolute Gasteiger partial charge is 0.232 e. The van der Waals surface area contributed by atoms with Gasteiger partial charge in [0.2, 0.25) is 12.7 Å². The summed E-state index contributed by atoms with van der Waals surface area (Å²) in [5.74, 6) is 1.12. The van der Waals surface area contributed by atoms with Gasteiger partial charge >= 0.3 is 0 Å². The molecule has 6 heteroatoms. The number of Topliss-reactive ketones (excluding diaryl/α,β-unsaturated/α-hetero) is 1. The van der Waals surface area contributed by atoms with Crippen molar-refractivity contribution in [2.75, 3.05) is 18.7 Å². The van der Waals surface area contributed by atoms with E-state index in [1.165, 1.54) is 6.92 Å². The summed E-state index contributed by atoms with van der Waals surface area (Å²) in [4.78, 5) is 24.8. The van der Waals surface area contributed by atoms with Crippen LogP contribution in [-0.2, 0) is 4.79 Å². The summed E-state index contributed by atoms with van der Waals surface area (Å²) in [6.07, 6.45) is 0.586. The maximum atomic E-state index is 12.9. The summed E-state index contributed by atoms with van der Waals surface area (Å²) in [5, 5.41) is 2.88. The summed E-state index contributed by atoms with van der Waals surface area (Å²) < 4.78 is 16.3. The number of carbonyl (C=O) groups is 2. The van der Waals surface area contributed by atoms with Crippen molar-refractivity contribution in [3.63, 3.8) is 0 Å². The fourth-order valence-electron chi connectivity index (χ4n) is 3.17. The molecule has 2 aromatic rings. The predicted molar refractivity (Wildman–Crippen MR) is 90.5 cm³/mol. The van der Waals surface area contributed by atoms with Gasteiger partial charge < -0.3 is 19.5 Å². The Bertz CT molecular complexity index is 861. The normalized spacial score (nSPS) is 17.4. The van der Waals surface area contributed by atoms with Gasteiger partial charge in [-0.1, -0.05) is 18.2 Å². The molecule has 4 rings (SSSR count). The SMILES string of the molecule is CC(=O)c1cc2c(cc1NC(=O)[C@H]1CCOc3ccccc31)OCO2. The van der Waals surface area contributed by atoms with Crippen LogP contribution in [0.2, 0.25) is 0 Å². The Labute approximate surface area is 144 Å². The average Bonchev–Trinajstić information content (AvgIpc) is 3.07. The molecule has 0 aromatic heterocycles. The van der Waals surface area contributed by atoms with Gasteiger partial charge in [0.05, 0.1) is 18.2 Å². The van der Waals surface area contributed by atoms with Gasteiger partial charge in [-0.3, -0.25) is 9.59 Å². The fourth-order valence-corrected chi connectivity index (χ4v) is 3.17. The standard InChI is InChI=1S/C19H17NO5/c1-11(21)14-8-17-18(25-10-24-17)9-15(14)20-19(22)13-6-7-23-16-5-3-2-4-12(13)16/h2-5,8-9,13H,6-7,10H2,1H3,(H,20,22)/t13-/m0/s1. The Balaban J connectivity index is 1.65. The highest BCUT2D eigenvalue weighted by atomic mass is 16.7. The zero-order chi connectivity index (χ0) is 17.4. The summed E-state index contributed by atoms with van der Waals surface area (Å²) in [6.45, 7) is 2.05. The monoisotopic (exact) mass is 339 g/mol. The number of benzene rings is 2. The van der Waals surface area contributed by atoms with Gasteiger partial charge in [-0.25, -0.2) is 0 Å². The molecule has 1 atom stereocenters. The van der Waals surface area contributed by atoms with Gasteiger partial charge in [0, 0.05) is 17.2 Å². The fraction of sp³-hybridized carbons (Fsp3) is 0.263. The molecule has 2 heterocycles. The van der Waals surface area contributed by atoms with Gasteiger partial charge in [-0.05, 0) is 25.5 Å². The van der Waals surface area contributed by atoms with Crippen molar-refractivity contribution in [3.8, 4) is 17.2 Å². The molecule has 0 unspecified atom stereocenters. The highest BCUT2D eigenvalue weighted by molar-refractivity contribution is 6.06. The highest BCUT2D eigenvalue weighted by Crippen LogP contribution is 2.39. The minimum Gasteiger partial charge on any atom is -0.493 e. The third-order valence-electron chi connectivity index (χ3n) is 4.42. The lowest BCUT2D eigenvalue weighted by Crippen LogP contribution is -2.27. The lowest BCUT2D eigenvalue weighted by molar-refractivity contribution is -0.118. The maximum absolute atomic E-state index is 12.9. The van der Waals surface area contributed by atoms with Crippen molar-refractivity contribution in [1.29, 1.82) is 0 Å². The number of rotatable bonds is 3. The molecule has 0 bridgehead atoms. The van der Waals surface area contributed by atoms with Crippen LogP contribution in [-0.4, -0.2) is 25.1 Å². The topological polar surface area (TPSA) is 73.9 Å². The highest BCUT2D eigenvalue weighted by Gasteiger charge is 2.29. The van der Waals surface area contributed by atoms with Crippen LogP contribution in [0.4, 0.5) is 5.69 Å². The summed E-state index contributed by atoms with van der Waals surface area (Å²) >= 11 is 0. The quantitative estimate of drug-likeness (QED) is 0.870. The number of anilines is 1. The summed E-state index contributed by atoms with van der Waals surface area (Å²) in [5.41, 5.74) is 1.69. The number of fused-ring (bicyclic) bond motifs is 2. The van der Waals surface area contributed by atoms with E-state index in [4.69, 9.17) is 14.2 Å². The van der Waals surface area contributed by atoms with Crippen molar-refractivity contribution in [1.82, 2.24) is 0 Å². The van der Waals surface area contributed by atoms with E-state index in [2.05, 4.69) is 5.32 Å². The Morgan fingerprint density at radius 1 is 1.04 bits per heavy atom. The lowest BCUT2D eigenvalue weighted by atomic mass is 9.92. The first-order valence-electron chi connectivity index (χ1n) is 8.10. The second kappa shape index (κ2) is 6.12. The molecule has 2 aliphatic heterocycles. The van der Waals surface area contributed by atoms with Crippen molar-refractivity contribution in [2.45, 2.75) is 19.3 Å². The van der Waals surface area contributed by atoms with E-state index in [9.17, 15) is 9.59 Å². The molecule has 25 heavy (non-hydrogen) atoms. The molecule has 0 saturated carbocycles. The zero-order valence-corrected chi connectivity index (χ0v) is 13.7. The third kappa shape index (κ3) is 2.80. The number of ketones is 1. The van der Waals surface area contributed by atoms with Crippen molar-refractivity contribution >= 4 is 17.4 Å². The van der Waals surface area contributed by atoms with Crippen LogP contribution >= 0.6 is 0 Å². The number of ether oxygens (including phenoxy) is 3. The number of hydrogen-bond donors (Lipinski definition) is 1. The van der Waals surface area contributed by atoms with Crippen molar-refractivity contribution in [2.24, 2.45) is 0 Å². The molecule has 2 aromatic carbocycles. The average molecular weight is 339 g/mol. The Morgan fingerprint density at radius 3 is 2.60 bits per heavy atom. The first kappa shape index (κ1) is 15.5. The van der Waals surface area contributed by atoms with Gasteiger partial charge in [0.1, 0.15) is 5.75 Å². The van der Waals surface area contributed by atoms with Crippen LogP contribution < -0.4 is 19.5 Å².